The molecule has 9 heteroatoms. The van der Waals surface area contributed by atoms with Crippen LogP contribution in [0, 0.1) is 23.5 Å². The molecule has 0 N–H and O–H groups in total. The van der Waals surface area contributed by atoms with Gasteiger partial charge in [0.1, 0.15) is 11.9 Å². The van der Waals surface area contributed by atoms with Crippen LogP contribution in [0.25, 0.3) is 0 Å². The van der Waals surface area contributed by atoms with Crippen LogP contribution in [0.4, 0.5) is 30.7 Å². The molecule has 1 unspecified atom stereocenters. The van der Waals surface area contributed by atoms with Crippen molar-refractivity contribution in [3.05, 3.63) is 59.2 Å². The van der Waals surface area contributed by atoms with Crippen molar-refractivity contribution < 1.29 is 40.2 Å². The molecule has 1 atom stereocenters. The number of hydrogen-bond donors (Lipinski definition) is 0. The second-order valence-corrected chi connectivity index (χ2v) is 9.05. The largest absolute Gasteiger partial charge is 0.429 e. The van der Waals surface area contributed by atoms with Crippen LogP contribution >= 0.6 is 0 Å². The zero-order chi connectivity index (χ0) is 25.6. The average molecular weight is 507 g/mol. The molecule has 0 amide bonds. The first kappa shape index (κ1) is 27.1. The molecule has 1 saturated carbocycles. The fourth-order valence-corrected chi connectivity index (χ4v) is 4.56. The van der Waals surface area contributed by atoms with Gasteiger partial charge in [-0.2, -0.15) is 17.6 Å². The summed E-state index contributed by atoms with van der Waals surface area (Å²) >= 11 is 0. The normalized spacial score (nSPS) is 19.6. The molecule has 0 bridgehead atoms. The summed E-state index contributed by atoms with van der Waals surface area (Å²) in [6.07, 6.45) is 2.29. The van der Waals surface area contributed by atoms with Gasteiger partial charge in [0, 0.05) is 18.6 Å². The van der Waals surface area contributed by atoms with Crippen LogP contribution in [0.2, 0.25) is 0 Å². The number of benzene rings is 2. The van der Waals surface area contributed by atoms with Crippen molar-refractivity contribution >= 4 is 0 Å². The highest BCUT2D eigenvalue weighted by Crippen LogP contribution is 2.37. The highest BCUT2D eigenvalue weighted by molar-refractivity contribution is 5.36. The summed E-state index contributed by atoms with van der Waals surface area (Å²) in [4.78, 5) is 0. The smallest absolute Gasteiger partial charge is 0.426 e. The predicted molar refractivity (Wildman–Crippen MR) is 118 cm³/mol. The van der Waals surface area contributed by atoms with Crippen LogP contribution in [-0.2, 0) is 12.5 Å². The van der Waals surface area contributed by atoms with Gasteiger partial charge in [-0.25, -0.2) is 13.2 Å². The van der Waals surface area contributed by atoms with E-state index >= 15 is 0 Å². The number of rotatable bonds is 11. The van der Waals surface area contributed by atoms with E-state index in [2.05, 4.69) is 16.4 Å². The lowest BCUT2D eigenvalue weighted by atomic mass is 9.77. The molecular weight excluding hydrogens is 477 g/mol. The fourth-order valence-electron chi connectivity index (χ4n) is 4.56. The highest BCUT2D eigenvalue weighted by atomic mass is 19.3. The van der Waals surface area contributed by atoms with Crippen molar-refractivity contribution in [3.63, 3.8) is 0 Å². The van der Waals surface area contributed by atoms with Gasteiger partial charge in [-0.05, 0) is 42.4 Å². The molecule has 1 fully saturated rings. The number of unbranched alkanes of at least 4 members (excludes halogenated alkanes) is 1. The van der Waals surface area contributed by atoms with Crippen LogP contribution in [-0.4, -0.2) is 12.8 Å². The average Bonchev–Trinajstić information content (AvgIpc) is 2.80. The molecule has 2 aromatic rings. The maximum absolute atomic E-state index is 14.9. The van der Waals surface area contributed by atoms with Gasteiger partial charge in [0.25, 0.3) is 0 Å². The lowest BCUT2D eigenvalue weighted by molar-refractivity contribution is -0.185. The van der Waals surface area contributed by atoms with Gasteiger partial charge in [-0.1, -0.05) is 51.2 Å². The van der Waals surface area contributed by atoms with E-state index in [4.69, 9.17) is 0 Å². The van der Waals surface area contributed by atoms with Gasteiger partial charge in [0.2, 0.25) is 0 Å². The number of alkyl halides is 5. The third kappa shape index (κ3) is 7.51. The van der Waals surface area contributed by atoms with Gasteiger partial charge in [-0.3, -0.25) is 0 Å². The second kappa shape index (κ2) is 12.0. The minimum Gasteiger partial charge on any atom is -0.429 e. The van der Waals surface area contributed by atoms with E-state index in [0.29, 0.717) is 23.6 Å². The van der Waals surface area contributed by atoms with Gasteiger partial charge < -0.3 is 9.47 Å². The van der Waals surface area contributed by atoms with Crippen molar-refractivity contribution in [1.29, 1.82) is 0 Å². The van der Waals surface area contributed by atoms with Crippen molar-refractivity contribution in [1.82, 2.24) is 0 Å². The molecule has 0 aromatic heterocycles. The molecule has 0 saturated heterocycles. The summed E-state index contributed by atoms with van der Waals surface area (Å²) in [6.45, 7) is -1.34. The minimum absolute atomic E-state index is 0.0425. The van der Waals surface area contributed by atoms with Crippen molar-refractivity contribution in [3.8, 4) is 11.5 Å². The third-order valence-electron chi connectivity index (χ3n) is 6.51. The molecule has 2 aromatic carbocycles. The number of hydrogen-bond acceptors (Lipinski definition) is 2. The first-order valence-electron chi connectivity index (χ1n) is 11.8. The second-order valence-electron chi connectivity index (χ2n) is 9.05. The van der Waals surface area contributed by atoms with Crippen LogP contribution in [0.1, 0.15) is 63.0 Å². The molecule has 0 heterocycles. The van der Waals surface area contributed by atoms with Gasteiger partial charge in [0.05, 0.1) is 5.56 Å². The van der Waals surface area contributed by atoms with Crippen LogP contribution < -0.4 is 9.47 Å². The maximum Gasteiger partial charge on any atom is 0.426 e. The predicted octanol–water partition coefficient (Wildman–Crippen LogP) is 8.57. The summed E-state index contributed by atoms with van der Waals surface area (Å²) in [5, 5.41) is 0. The molecule has 0 radical (unpaired) electrons. The molecule has 1 aliphatic rings. The Hall–Kier alpha value is -2.45. The molecule has 35 heavy (non-hydrogen) atoms. The lowest BCUT2D eigenvalue weighted by Gasteiger charge is -2.30. The Labute approximate surface area is 200 Å². The van der Waals surface area contributed by atoms with E-state index in [1.807, 2.05) is 0 Å². The Balaban J connectivity index is 1.59. The monoisotopic (exact) mass is 506 g/mol. The number of halogens is 7. The highest BCUT2D eigenvalue weighted by Gasteiger charge is 2.35. The van der Waals surface area contributed by atoms with E-state index in [0.717, 1.165) is 44.2 Å². The Morgan fingerprint density at radius 3 is 2.09 bits per heavy atom. The molecule has 1 aliphatic carbocycles. The van der Waals surface area contributed by atoms with Crippen molar-refractivity contribution in [2.45, 2.75) is 77.2 Å². The Kier molecular flexibility index (Phi) is 9.30. The topological polar surface area (TPSA) is 18.5 Å². The van der Waals surface area contributed by atoms with Crippen molar-refractivity contribution in [2.24, 2.45) is 11.8 Å². The summed E-state index contributed by atoms with van der Waals surface area (Å²) < 4.78 is 104. The quantitative estimate of drug-likeness (QED) is 0.284. The van der Waals surface area contributed by atoms with E-state index < -0.39 is 47.6 Å². The van der Waals surface area contributed by atoms with E-state index in [9.17, 15) is 30.7 Å². The Morgan fingerprint density at radius 2 is 1.54 bits per heavy atom. The molecule has 3 rings (SSSR count). The van der Waals surface area contributed by atoms with Gasteiger partial charge in [-0.15, -0.1) is 0 Å². The SMILES string of the molecule is CCCCC1CCC(C(F)Cc2ccc(C(F)(F)Oc3cc(F)c(OC(F)F)c(F)c3)cc2)CC1. The van der Waals surface area contributed by atoms with Gasteiger partial charge >= 0.3 is 12.7 Å². The van der Waals surface area contributed by atoms with E-state index in [1.54, 1.807) is 0 Å². The lowest BCUT2D eigenvalue weighted by Crippen LogP contribution is -2.25. The molecule has 0 spiro atoms. The zero-order valence-corrected chi connectivity index (χ0v) is 19.4. The van der Waals surface area contributed by atoms with E-state index in [1.165, 1.54) is 25.0 Å². The van der Waals surface area contributed by atoms with Crippen LogP contribution in [0.5, 0.6) is 11.5 Å². The Bertz CT molecular complexity index is 918. The summed E-state index contributed by atoms with van der Waals surface area (Å²) in [6, 6.07) is 5.51. The first-order chi connectivity index (χ1) is 16.6. The fraction of sp³-hybridized carbons (Fsp3) is 0.538. The molecular formula is C26H29F7O2. The molecule has 0 aliphatic heterocycles. The third-order valence-corrected chi connectivity index (χ3v) is 6.51. The summed E-state index contributed by atoms with van der Waals surface area (Å²) in [5.41, 5.74) is -0.0578. The summed E-state index contributed by atoms with van der Waals surface area (Å²) in [7, 11) is 0. The first-order valence-corrected chi connectivity index (χ1v) is 11.8. The molecule has 194 valence electrons. The van der Waals surface area contributed by atoms with E-state index in [-0.39, 0.29) is 12.3 Å². The maximum atomic E-state index is 14.9. The number of ether oxygens (including phenoxy) is 2. The Morgan fingerprint density at radius 1 is 0.943 bits per heavy atom. The zero-order valence-electron chi connectivity index (χ0n) is 19.4. The minimum atomic E-state index is -3.98. The van der Waals surface area contributed by atoms with Crippen LogP contribution in [0.3, 0.4) is 0 Å². The van der Waals surface area contributed by atoms with Gasteiger partial charge in [0.15, 0.2) is 17.4 Å². The summed E-state index contributed by atoms with van der Waals surface area (Å²) in [5.74, 6) is -4.90. The molecule has 2 nitrogen and oxygen atoms in total. The van der Waals surface area contributed by atoms with Crippen molar-refractivity contribution in [2.75, 3.05) is 0 Å². The standard InChI is InChI=1S/C26H29F7O2/c1-2-3-4-16-5-9-18(10-6-16)21(27)13-17-7-11-19(12-8-17)26(32,33)35-20-14-22(28)24(23(29)15-20)34-25(30)31/h7-8,11-12,14-16,18,21,25H,2-6,9-10,13H2,1H3. The van der Waals surface area contributed by atoms with Crippen LogP contribution in [0.15, 0.2) is 36.4 Å².